The maximum atomic E-state index is 11.8. The number of aliphatic hydroxyl groups excluding tert-OH is 2. The molecule has 0 aromatic heterocycles. The molecule has 0 saturated heterocycles. The Kier molecular flexibility index (Phi) is 27.9. The molecule has 1 aliphatic carbocycles. The second-order valence-electron chi connectivity index (χ2n) is 14.8. The molecule has 0 fully saturated rings. The normalized spacial score (nSPS) is 19.3. The molecule has 6 nitrogen and oxygen atoms in total. The van der Waals surface area contributed by atoms with E-state index in [1.54, 1.807) is 19.4 Å². The monoisotopic (exact) mass is 677 g/mol. The molecule has 6 heteroatoms. The van der Waals surface area contributed by atoms with Gasteiger partial charge in [0, 0.05) is 12.8 Å². The van der Waals surface area contributed by atoms with E-state index >= 15 is 0 Å². The minimum absolute atomic E-state index is 0.0904. The lowest BCUT2D eigenvalue weighted by Crippen LogP contribution is -2.24. The Bertz CT molecular complexity index is 847. The maximum absolute atomic E-state index is 11.8. The Morgan fingerprint density at radius 2 is 1.19 bits per heavy atom. The fraction of sp³-hybridized carbons (Fsp3) is 0.857. The van der Waals surface area contributed by atoms with Gasteiger partial charge in [-0.25, -0.2) is 0 Å². The van der Waals surface area contributed by atoms with Gasteiger partial charge in [0.25, 0.3) is 0 Å². The Hall–Kier alpha value is -1.66. The fourth-order valence-electron chi connectivity index (χ4n) is 7.05. The molecular weight excluding hydrogens is 600 g/mol. The van der Waals surface area contributed by atoms with Crippen molar-refractivity contribution in [3.8, 4) is 0 Å². The van der Waals surface area contributed by atoms with Gasteiger partial charge in [-0.15, -0.1) is 0 Å². The molecule has 0 aliphatic heterocycles. The molecule has 2 N–H and O–H groups in total. The summed E-state index contributed by atoms with van der Waals surface area (Å²) in [5.41, 5.74) is 1.71. The number of esters is 2. The SMILES string of the molecule is CCCCC/C=C/CC1=CC(CCCCCCCC(=O)OCC(C)O)C(CCCCCCCC(=O)OCC(C)O)CC1CCCCCC. The average molecular weight is 677 g/mol. The van der Waals surface area contributed by atoms with Crippen LogP contribution in [-0.2, 0) is 19.1 Å². The summed E-state index contributed by atoms with van der Waals surface area (Å²) in [6.07, 6.45) is 35.2. The Balaban J connectivity index is 2.69. The van der Waals surface area contributed by atoms with Crippen LogP contribution >= 0.6 is 0 Å². The Labute approximate surface area is 295 Å². The summed E-state index contributed by atoms with van der Waals surface area (Å²) < 4.78 is 10.2. The van der Waals surface area contributed by atoms with Crippen molar-refractivity contribution in [2.45, 2.75) is 200 Å². The van der Waals surface area contributed by atoms with E-state index in [2.05, 4.69) is 32.1 Å². The lowest BCUT2D eigenvalue weighted by Gasteiger charge is -2.36. The van der Waals surface area contributed by atoms with Crippen molar-refractivity contribution in [2.75, 3.05) is 13.2 Å². The van der Waals surface area contributed by atoms with Crippen LogP contribution in [0.1, 0.15) is 188 Å². The summed E-state index contributed by atoms with van der Waals surface area (Å²) in [5, 5.41) is 18.6. The van der Waals surface area contributed by atoms with E-state index in [4.69, 9.17) is 9.47 Å². The van der Waals surface area contributed by atoms with Gasteiger partial charge in [-0.1, -0.05) is 128 Å². The fourth-order valence-corrected chi connectivity index (χ4v) is 7.05. The Morgan fingerprint density at radius 1 is 0.688 bits per heavy atom. The first kappa shape index (κ1) is 44.4. The molecule has 0 amide bonds. The third kappa shape index (κ3) is 24.5. The van der Waals surface area contributed by atoms with E-state index in [1.165, 1.54) is 103 Å². The molecule has 0 aromatic rings. The first-order chi connectivity index (χ1) is 23.3. The molecule has 1 rings (SSSR count). The number of hydrogen-bond acceptors (Lipinski definition) is 6. The minimum Gasteiger partial charge on any atom is -0.463 e. The average Bonchev–Trinajstić information content (AvgIpc) is 3.06. The number of hydrogen-bond donors (Lipinski definition) is 2. The highest BCUT2D eigenvalue weighted by Gasteiger charge is 2.30. The number of rotatable bonds is 31. The van der Waals surface area contributed by atoms with Gasteiger partial charge in [0.15, 0.2) is 0 Å². The summed E-state index contributed by atoms with van der Waals surface area (Å²) in [6.45, 7) is 8.02. The maximum Gasteiger partial charge on any atom is 0.305 e. The Morgan fingerprint density at radius 3 is 1.77 bits per heavy atom. The zero-order chi connectivity index (χ0) is 35.2. The van der Waals surface area contributed by atoms with Crippen molar-refractivity contribution in [3.05, 3.63) is 23.8 Å². The smallest absolute Gasteiger partial charge is 0.305 e. The van der Waals surface area contributed by atoms with Crippen molar-refractivity contribution in [1.82, 2.24) is 0 Å². The van der Waals surface area contributed by atoms with Gasteiger partial charge >= 0.3 is 11.9 Å². The molecule has 0 aromatic carbocycles. The number of unbranched alkanes of at least 4 members (excludes halogenated alkanes) is 14. The molecule has 5 atom stereocenters. The zero-order valence-corrected chi connectivity index (χ0v) is 31.7. The van der Waals surface area contributed by atoms with Crippen molar-refractivity contribution in [2.24, 2.45) is 17.8 Å². The predicted molar refractivity (Wildman–Crippen MR) is 200 cm³/mol. The van der Waals surface area contributed by atoms with Crippen LogP contribution in [0.4, 0.5) is 0 Å². The van der Waals surface area contributed by atoms with E-state index in [0.717, 1.165) is 56.8 Å². The summed E-state index contributed by atoms with van der Waals surface area (Å²) in [6, 6.07) is 0. The van der Waals surface area contributed by atoms with E-state index in [0.29, 0.717) is 18.8 Å². The molecule has 0 heterocycles. The van der Waals surface area contributed by atoms with Crippen LogP contribution in [0, 0.1) is 17.8 Å². The van der Waals surface area contributed by atoms with Gasteiger partial charge in [-0.05, 0) is 89.4 Å². The quantitative estimate of drug-likeness (QED) is 0.0431. The standard InChI is InChI=1S/C42H76O6/c1-5-7-9-11-14-20-26-38-32-40(28-22-16-13-18-24-30-42(46)48-34-36(4)44)39(31-37(38)25-19-10-8-6-2)27-21-15-12-17-23-29-41(45)47-33-35(3)43/h14,20,32,35-37,39-40,43-44H,5-13,15-19,21-31,33-34H2,1-4H3/b20-14+. The van der Waals surface area contributed by atoms with E-state index in [1.807, 2.05) is 0 Å². The van der Waals surface area contributed by atoms with Crippen LogP contribution in [0.3, 0.4) is 0 Å². The third-order valence-electron chi connectivity index (χ3n) is 9.89. The molecule has 5 unspecified atom stereocenters. The third-order valence-corrected chi connectivity index (χ3v) is 9.89. The molecule has 0 radical (unpaired) electrons. The lowest BCUT2D eigenvalue weighted by atomic mass is 9.69. The highest BCUT2D eigenvalue weighted by atomic mass is 16.5. The zero-order valence-electron chi connectivity index (χ0n) is 31.7. The van der Waals surface area contributed by atoms with Crippen molar-refractivity contribution < 1.29 is 29.3 Å². The van der Waals surface area contributed by atoms with Crippen molar-refractivity contribution in [1.29, 1.82) is 0 Å². The van der Waals surface area contributed by atoms with Crippen LogP contribution in [-0.4, -0.2) is 47.6 Å². The van der Waals surface area contributed by atoms with E-state index in [-0.39, 0.29) is 25.2 Å². The summed E-state index contributed by atoms with van der Waals surface area (Å²) >= 11 is 0. The lowest BCUT2D eigenvalue weighted by molar-refractivity contribution is -0.147. The molecule has 48 heavy (non-hydrogen) atoms. The first-order valence-electron chi connectivity index (χ1n) is 20.3. The molecule has 0 spiro atoms. The molecule has 1 aliphatic rings. The summed E-state index contributed by atoms with van der Waals surface area (Å²) in [5.74, 6) is 1.76. The van der Waals surface area contributed by atoms with Crippen LogP contribution in [0.15, 0.2) is 23.8 Å². The van der Waals surface area contributed by atoms with Crippen molar-refractivity contribution >= 4 is 11.9 Å². The first-order valence-corrected chi connectivity index (χ1v) is 20.3. The van der Waals surface area contributed by atoms with Gasteiger partial charge in [0.1, 0.15) is 13.2 Å². The van der Waals surface area contributed by atoms with Gasteiger partial charge in [-0.2, -0.15) is 0 Å². The minimum atomic E-state index is -0.602. The number of carbonyl (C=O) groups is 2. The van der Waals surface area contributed by atoms with Crippen LogP contribution in [0.25, 0.3) is 0 Å². The predicted octanol–water partition coefficient (Wildman–Crippen LogP) is 11.0. The second-order valence-corrected chi connectivity index (χ2v) is 14.8. The van der Waals surface area contributed by atoms with E-state index < -0.39 is 12.2 Å². The van der Waals surface area contributed by atoms with Gasteiger partial charge in [0.2, 0.25) is 0 Å². The van der Waals surface area contributed by atoms with Gasteiger partial charge < -0.3 is 19.7 Å². The largest absolute Gasteiger partial charge is 0.463 e. The van der Waals surface area contributed by atoms with E-state index in [9.17, 15) is 19.8 Å². The highest BCUT2D eigenvalue weighted by Crippen LogP contribution is 2.42. The van der Waals surface area contributed by atoms with Crippen LogP contribution in [0.2, 0.25) is 0 Å². The second kappa shape index (κ2) is 30.2. The van der Waals surface area contributed by atoms with Crippen LogP contribution < -0.4 is 0 Å². The van der Waals surface area contributed by atoms with Gasteiger partial charge in [-0.3, -0.25) is 9.59 Å². The summed E-state index contributed by atoms with van der Waals surface area (Å²) in [4.78, 5) is 23.7. The topological polar surface area (TPSA) is 93.1 Å². The molecule has 280 valence electrons. The van der Waals surface area contributed by atoms with Gasteiger partial charge in [0.05, 0.1) is 12.2 Å². The molecule has 0 bridgehead atoms. The molecule has 0 saturated carbocycles. The number of ether oxygens (including phenoxy) is 2. The van der Waals surface area contributed by atoms with Crippen LogP contribution in [0.5, 0.6) is 0 Å². The highest BCUT2D eigenvalue weighted by molar-refractivity contribution is 5.69. The number of carbonyl (C=O) groups excluding carboxylic acids is 2. The number of allylic oxidation sites excluding steroid dienone is 4. The van der Waals surface area contributed by atoms with Crippen molar-refractivity contribution in [3.63, 3.8) is 0 Å². The number of aliphatic hydroxyl groups is 2. The summed E-state index contributed by atoms with van der Waals surface area (Å²) in [7, 11) is 0. The molecular formula is C42H76O6.